The second kappa shape index (κ2) is 8.91. The summed E-state index contributed by atoms with van der Waals surface area (Å²) in [4.78, 5) is 20.0. The maximum atomic E-state index is 12.7. The molecule has 0 aromatic heterocycles. The lowest BCUT2D eigenvalue weighted by Gasteiger charge is -2.26. The van der Waals surface area contributed by atoms with E-state index >= 15 is 0 Å². The van der Waals surface area contributed by atoms with E-state index in [0.717, 1.165) is 16.8 Å². The number of halogens is 1. The van der Waals surface area contributed by atoms with Crippen molar-refractivity contribution in [2.24, 2.45) is 5.16 Å². The molecule has 1 aliphatic heterocycles. The summed E-state index contributed by atoms with van der Waals surface area (Å²) in [5.41, 5.74) is 2.93. The molecule has 27 heavy (non-hydrogen) atoms. The molecule has 3 rings (SSSR count). The van der Waals surface area contributed by atoms with Crippen LogP contribution in [0.4, 0.5) is 4.79 Å². The molecule has 2 aromatic rings. The number of carbonyl (C=O) groups is 1. The molecule has 0 aliphatic carbocycles. The summed E-state index contributed by atoms with van der Waals surface area (Å²) in [5, 5.41) is 7.83. The van der Waals surface area contributed by atoms with Gasteiger partial charge in [-0.2, -0.15) is 0 Å². The van der Waals surface area contributed by atoms with Crippen LogP contribution in [-0.2, 0) is 11.4 Å². The molecular formula is C21H24ClN3O2. The molecule has 2 amide bonds. The number of hydrogen-bond donors (Lipinski definition) is 1. The van der Waals surface area contributed by atoms with Gasteiger partial charge in [-0.3, -0.25) is 0 Å². The minimum Gasteiger partial charge on any atom is -0.390 e. The van der Waals surface area contributed by atoms with Crippen molar-refractivity contribution in [2.45, 2.75) is 39.0 Å². The predicted molar refractivity (Wildman–Crippen MR) is 108 cm³/mol. The molecule has 1 heterocycles. The molecule has 1 unspecified atom stereocenters. The number of hydrogen-bond acceptors (Lipinski definition) is 3. The van der Waals surface area contributed by atoms with Gasteiger partial charge < -0.3 is 15.1 Å². The number of benzene rings is 2. The van der Waals surface area contributed by atoms with Crippen LogP contribution in [0.2, 0.25) is 5.02 Å². The molecule has 1 aliphatic rings. The highest BCUT2D eigenvalue weighted by Crippen LogP contribution is 2.19. The molecule has 2 aromatic carbocycles. The van der Waals surface area contributed by atoms with Gasteiger partial charge in [0.15, 0.2) is 6.10 Å². The zero-order valence-corrected chi connectivity index (χ0v) is 16.3. The van der Waals surface area contributed by atoms with E-state index in [4.69, 9.17) is 16.4 Å². The molecule has 0 bridgehead atoms. The Morgan fingerprint density at radius 2 is 2.04 bits per heavy atom. The Labute approximate surface area is 165 Å². The highest BCUT2D eigenvalue weighted by atomic mass is 35.5. The van der Waals surface area contributed by atoms with Crippen LogP contribution in [0.15, 0.2) is 59.8 Å². The van der Waals surface area contributed by atoms with Gasteiger partial charge in [-0.05, 0) is 37.1 Å². The van der Waals surface area contributed by atoms with Gasteiger partial charge in [0.05, 0.1) is 12.3 Å². The highest BCUT2D eigenvalue weighted by molar-refractivity contribution is 6.30. The first kappa shape index (κ1) is 19.2. The van der Waals surface area contributed by atoms with E-state index in [-0.39, 0.29) is 18.2 Å². The largest absolute Gasteiger partial charge is 0.390 e. The Hall–Kier alpha value is -2.53. The van der Waals surface area contributed by atoms with Gasteiger partial charge in [0.25, 0.3) is 0 Å². The lowest BCUT2D eigenvalue weighted by atomic mass is 10.0. The van der Waals surface area contributed by atoms with Crippen molar-refractivity contribution in [1.82, 2.24) is 10.2 Å². The Bertz CT molecular complexity index is 808. The minimum atomic E-state index is -0.169. The van der Waals surface area contributed by atoms with Crippen LogP contribution in [-0.4, -0.2) is 35.3 Å². The number of nitrogens with zero attached hydrogens (tertiary/aromatic N) is 2. The molecule has 0 saturated carbocycles. The summed E-state index contributed by atoms with van der Waals surface area (Å²) in [5.74, 6) is 0. The molecule has 5 nitrogen and oxygen atoms in total. The van der Waals surface area contributed by atoms with E-state index in [0.29, 0.717) is 24.5 Å². The van der Waals surface area contributed by atoms with Crippen molar-refractivity contribution in [1.29, 1.82) is 0 Å². The van der Waals surface area contributed by atoms with Crippen LogP contribution < -0.4 is 5.32 Å². The monoisotopic (exact) mass is 385 g/mol. The van der Waals surface area contributed by atoms with E-state index in [1.54, 1.807) is 4.90 Å². The Morgan fingerprint density at radius 3 is 2.74 bits per heavy atom. The lowest BCUT2D eigenvalue weighted by Crippen LogP contribution is -2.45. The maximum Gasteiger partial charge on any atom is 0.318 e. The van der Waals surface area contributed by atoms with Crippen molar-refractivity contribution in [3.05, 3.63) is 70.7 Å². The van der Waals surface area contributed by atoms with Gasteiger partial charge in [0, 0.05) is 24.0 Å². The topological polar surface area (TPSA) is 53.9 Å². The summed E-state index contributed by atoms with van der Waals surface area (Å²) < 4.78 is 0. The third-order valence-electron chi connectivity index (χ3n) is 4.23. The van der Waals surface area contributed by atoms with Crippen molar-refractivity contribution in [2.75, 3.05) is 6.54 Å². The summed E-state index contributed by atoms with van der Waals surface area (Å²) >= 11 is 6.09. The number of urea groups is 1. The quantitative estimate of drug-likeness (QED) is 0.798. The second-order valence-electron chi connectivity index (χ2n) is 6.95. The second-order valence-corrected chi connectivity index (χ2v) is 7.39. The molecule has 1 atom stereocenters. The van der Waals surface area contributed by atoms with E-state index in [1.807, 2.05) is 68.4 Å². The van der Waals surface area contributed by atoms with Crippen molar-refractivity contribution in [3.63, 3.8) is 0 Å². The fraction of sp³-hybridized carbons (Fsp3) is 0.333. The highest BCUT2D eigenvalue weighted by Gasteiger charge is 2.27. The van der Waals surface area contributed by atoms with E-state index in [1.165, 1.54) is 0 Å². The van der Waals surface area contributed by atoms with E-state index in [2.05, 4.69) is 10.5 Å². The third kappa shape index (κ3) is 5.47. The van der Waals surface area contributed by atoms with Crippen molar-refractivity contribution < 1.29 is 9.63 Å². The summed E-state index contributed by atoms with van der Waals surface area (Å²) in [7, 11) is 0. The zero-order chi connectivity index (χ0) is 19.2. The molecule has 6 heteroatoms. The van der Waals surface area contributed by atoms with Gasteiger partial charge in [-0.15, -0.1) is 0 Å². The Morgan fingerprint density at radius 1 is 1.26 bits per heavy atom. The van der Waals surface area contributed by atoms with Gasteiger partial charge >= 0.3 is 6.03 Å². The lowest BCUT2D eigenvalue weighted by molar-refractivity contribution is 0.0586. The van der Waals surface area contributed by atoms with E-state index < -0.39 is 0 Å². The van der Waals surface area contributed by atoms with Crippen molar-refractivity contribution in [3.8, 4) is 0 Å². The van der Waals surface area contributed by atoms with Gasteiger partial charge in [-0.1, -0.05) is 59.2 Å². The van der Waals surface area contributed by atoms with E-state index in [9.17, 15) is 4.79 Å². The average molecular weight is 386 g/mol. The third-order valence-corrected chi connectivity index (χ3v) is 4.46. The maximum absolute atomic E-state index is 12.7. The minimum absolute atomic E-state index is 0.0555. The Kier molecular flexibility index (Phi) is 6.35. The fourth-order valence-electron chi connectivity index (χ4n) is 2.99. The van der Waals surface area contributed by atoms with Crippen LogP contribution in [0.1, 0.15) is 31.4 Å². The normalized spacial score (nSPS) is 16.0. The van der Waals surface area contributed by atoms with Crippen LogP contribution in [0, 0.1) is 0 Å². The fourth-order valence-corrected chi connectivity index (χ4v) is 3.20. The molecule has 142 valence electrons. The molecule has 1 N–H and O–H groups in total. The smallest absolute Gasteiger partial charge is 0.318 e. The van der Waals surface area contributed by atoms with Gasteiger partial charge in [0.1, 0.15) is 0 Å². The number of amides is 2. The average Bonchev–Trinajstić information content (AvgIpc) is 3.10. The SMILES string of the molecule is CC(C)NC(=O)N(Cc1cccc(Cl)c1)CC1CC(c2ccccc2)=NO1. The zero-order valence-electron chi connectivity index (χ0n) is 15.6. The molecule has 0 saturated heterocycles. The first-order valence-electron chi connectivity index (χ1n) is 9.09. The number of carbonyl (C=O) groups excluding carboxylic acids is 1. The first-order chi connectivity index (χ1) is 13.0. The first-order valence-corrected chi connectivity index (χ1v) is 9.47. The molecule has 0 radical (unpaired) electrons. The number of oxime groups is 1. The number of rotatable bonds is 6. The summed E-state index contributed by atoms with van der Waals surface area (Å²) in [6.07, 6.45) is 0.502. The molecule has 0 fully saturated rings. The summed E-state index contributed by atoms with van der Waals surface area (Å²) in [6, 6.07) is 17.4. The summed E-state index contributed by atoms with van der Waals surface area (Å²) in [6.45, 7) is 4.79. The predicted octanol–water partition coefficient (Wildman–Crippen LogP) is 4.45. The van der Waals surface area contributed by atoms with Gasteiger partial charge in [-0.25, -0.2) is 4.79 Å². The molecular weight excluding hydrogens is 362 g/mol. The Balaban J connectivity index is 1.67. The van der Waals surface area contributed by atoms with Crippen LogP contribution in [0.5, 0.6) is 0 Å². The number of nitrogens with one attached hydrogen (secondary N) is 1. The van der Waals surface area contributed by atoms with Crippen LogP contribution in [0.25, 0.3) is 0 Å². The standard InChI is InChI=1S/C21H24ClN3O2/c1-15(2)23-21(26)25(13-16-7-6-10-18(22)11-16)14-19-12-20(24-27-19)17-8-4-3-5-9-17/h3-11,15,19H,12-14H2,1-2H3,(H,23,26). The van der Waals surface area contributed by atoms with Gasteiger partial charge in [0.2, 0.25) is 0 Å². The van der Waals surface area contributed by atoms with Crippen molar-refractivity contribution >= 4 is 23.3 Å². The van der Waals surface area contributed by atoms with Crippen LogP contribution >= 0.6 is 11.6 Å². The molecule has 0 spiro atoms. The van der Waals surface area contributed by atoms with Crippen LogP contribution in [0.3, 0.4) is 0 Å².